The minimum atomic E-state index is -4.69. The smallest absolute Gasteiger partial charge is 0.378 e. The third-order valence-electron chi connectivity index (χ3n) is 7.02. The Balaban J connectivity index is 1.52. The Hall–Kier alpha value is -3.44. The Morgan fingerprint density at radius 1 is 1.00 bits per heavy atom. The van der Waals surface area contributed by atoms with Crippen molar-refractivity contribution in [2.45, 2.75) is 18.6 Å². The van der Waals surface area contributed by atoms with Crippen LogP contribution in [0.3, 0.4) is 0 Å². The van der Waals surface area contributed by atoms with Gasteiger partial charge in [-0.1, -0.05) is 17.7 Å². The summed E-state index contributed by atoms with van der Waals surface area (Å²) in [6, 6.07) is 7.98. The zero-order valence-electron chi connectivity index (χ0n) is 19.8. The van der Waals surface area contributed by atoms with Crippen LogP contribution in [0.5, 0.6) is 0 Å². The molecule has 38 heavy (non-hydrogen) atoms. The molecule has 1 N–H and O–H groups in total. The number of fused-ring (bicyclic) bond motifs is 3. The van der Waals surface area contributed by atoms with Crippen LogP contribution in [0.2, 0.25) is 5.02 Å². The molecule has 0 radical (unpaired) electrons. The number of aromatic nitrogens is 3. The first-order chi connectivity index (χ1) is 18.2. The summed E-state index contributed by atoms with van der Waals surface area (Å²) >= 11 is 6.22. The van der Waals surface area contributed by atoms with Crippen LogP contribution in [0.15, 0.2) is 42.6 Å². The van der Waals surface area contributed by atoms with E-state index in [2.05, 4.69) is 15.0 Å². The topological polar surface area (TPSA) is 57.3 Å². The molecule has 2 aromatic heterocycles. The molecule has 1 fully saturated rings. The first kappa shape index (κ1) is 24.9. The molecule has 6 rings (SSSR count). The number of nitrogens with zero attached hydrogens (tertiary/aromatic N) is 4. The molecule has 1 unspecified atom stereocenters. The molecule has 1 atom stereocenters. The highest BCUT2D eigenvalue weighted by Crippen LogP contribution is 2.43. The van der Waals surface area contributed by atoms with Gasteiger partial charge in [0.25, 0.3) is 0 Å². The molecule has 0 amide bonds. The zero-order valence-corrected chi connectivity index (χ0v) is 20.6. The van der Waals surface area contributed by atoms with Crippen molar-refractivity contribution in [1.29, 1.82) is 0 Å². The lowest BCUT2D eigenvalue weighted by Gasteiger charge is -2.37. The summed E-state index contributed by atoms with van der Waals surface area (Å²) in [5.74, 6) is -2.34. The highest BCUT2D eigenvalue weighted by atomic mass is 35.5. The largest absolute Gasteiger partial charge is 0.433 e. The number of halogens is 6. The number of hydrogen-bond donors (Lipinski definition) is 1. The molecule has 0 bridgehead atoms. The third kappa shape index (κ3) is 4.23. The van der Waals surface area contributed by atoms with Crippen molar-refractivity contribution in [3.63, 3.8) is 0 Å². The minimum Gasteiger partial charge on any atom is -0.378 e. The predicted octanol–water partition coefficient (Wildman–Crippen LogP) is 5.90. The highest BCUT2D eigenvalue weighted by molar-refractivity contribution is 6.31. The van der Waals surface area contributed by atoms with Gasteiger partial charge in [-0.15, -0.1) is 0 Å². The predicted molar refractivity (Wildman–Crippen MR) is 133 cm³/mol. The van der Waals surface area contributed by atoms with Gasteiger partial charge in [-0.3, -0.25) is 0 Å². The van der Waals surface area contributed by atoms with E-state index in [9.17, 15) is 13.2 Å². The maximum Gasteiger partial charge on any atom is 0.433 e. The number of morpholine rings is 1. The second-order valence-corrected chi connectivity index (χ2v) is 9.63. The van der Waals surface area contributed by atoms with Gasteiger partial charge in [0.05, 0.1) is 18.9 Å². The fourth-order valence-electron chi connectivity index (χ4n) is 5.26. The van der Waals surface area contributed by atoms with E-state index in [0.29, 0.717) is 43.4 Å². The van der Waals surface area contributed by atoms with E-state index in [1.165, 1.54) is 17.0 Å². The van der Waals surface area contributed by atoms with Crippen LogP contribution in [0.4, 0.5) is 33.6 Å². The summed E-state index contributed by atoms with van der Waals surface area (Å²) in [7, 11) is 0. The molecular weight excluding hydrogens is 529 g/mol. The van der Waals surface area contributed by atoms with Gasteiger partial charge in [0, 0.05) is 53.0 Å². The van der Waals surface area contributed by atoms with Gasteiger partial charge in [0.15, 0.2) is 11.6 Å². The second kappa shape index (κ2) is 9.39. The summed E-state index contributed by atoms with van der Waals surface area (Å²) in [4.78, 5) is 14.3. The van der Waals surface area contributed by atoms with Crippen LogP contribution in [-0.2, 0) is 17.3 Å². The number of alkyl halides is 3. The molecule has 0 aliphatic carbocycles. The average Bonchev–Trinajstić information content (AvgIpc) is 3.28. The molecule has 0 saturated carbocycles. The summed E-state index contributed by atoms with van der Waals surface area (Å²) < 4.78 is 77.0. The number of benzene rings is 2. The SMILES string of the molecule is Fc1c(C2c3[nH]c4ccc(Cl)cc4c3CCN2c2nccc(C(F)(F)F)n2)ccc(N2CCOCC2)c1F. The number of ether oxygens (including phenoxy) is 1. The van der Waals surface area contributed by atoms with Gasteiger partial charge < -0.3 is 19.5 Å². The van der Waals surface area contributed by atoms with Gasteiger partial charge >= 0.3 is 6.18 Å². The maximum absolute atomic E-state index is 15.9. The number of hydrogen-bond acceptors (Lipinski definition) is 5. The van der Waals surface area contributed by atoms with E-state index in [1.807, 2.05) is 0 Å². The van der Waals surface area contributed by atoms with Crippen molar-refractivity contribution >= 4 is 34.1 Å². The number of aromatic amines is 1. The van der Waals surface area contributed by atoms with Gasteiger partial charge in [0.2, 0.25) is 5.95 Å². The van der Waals surface area contributed by atoms with Crippen molar-refractivity contribution in [3.8, 4) is 0 Å². The molecular formula is C26H21ClF5N5O. The Morgan fingerprint density at radius 2 is 1.79 bits per heavy atom. The zero-order chi connectivity index (χ0) is 26.6. The summed E-state index contributed by atoms with van der Waals surface area (Å²) in [5.41, 5.74) is 1.02. The molecule has 2 aliphatic heterocycles. The molecule has 198 valence electrons. The summed E-state index contributed by atoms with van der Waals surface area (Å²) in [5, 5.41) is 1.32. The van der Waals surface area contributed by atoms with Crippen LogP contribution in [0.25, 0.3) is 10.9 Å². The molecule has 2 aromatic carbocycles. The van der Waals surface area contributed by atoms with Gasteiger partial charge in [-0.25, -0.2) is 18.7 Å². The Labute approximate surface area is 219 Å². The Kier molecular flexibility index (Phi) is 6.14. The van der Waals surface area contributed by atoms with Crippen molar-refractivity contribution < 1.29 is 26.7 Å². The number of rotatable bonds is 3. The molecule has 6 nitrogen and oxygen atoms in total. The quantitative estimate of drug-likeness (QED) is 0.323. The summed E-state index contributed by atoms with van der Waals surface area (Å²) in [6.07, 6.45) is -3.27. The van der Waals surface area contributed by atoms with Gasteiger partial charge in [-0.05, 0) is 42.3 Å². The standard InChI is InChI=1S/C26H21ClF5N5O/c27-14-1-3-18-17(13-14)15-6-8-37(25-33-7-5-20(35-25)26(30,31)32)24(23(15)34-18)16-2-4-19(22(29)21(16)28)36-9-11-38-12-10-36/h1-5,7,13,24,34H,6,8-12H2. The van der Waals surface area contributed by atoms with Crippen molar-refractivity contribution in [2.24, 2.45) is 0 Å². The number of H-pyrrole nitrogens is 1. The van der Waals surface area contributed by atoms with E-state index in [-0.39, 0.29) is 23.7 Å². The molecule has 2 aliphatic rings. The number of nitrogens with one attached hydrogen (secondary N) is 1. The van der Waals surface area contributed by atoms with Crippen LogP contribution in [0, 0.1) is 11.6 Å². The number of anilines is 2. The van der Waals surface area contributed by atoms with E-state index in [1.54, 1.807) is 23.1 Å². The van der Waals surface area contributed by atoms with E-state index in [4.69, 9.17) is 16.3 Å². The van der Waals surface area contributed by atoms with E-state index >= 15 is 8.78 Å². The van der Waals surface area contributed by atoms with Crippen LogP contribution >= 0.6 is 11.6 Å². The lowest BCUT2D eigenvalue weighted by molar-refractivity contribution is -0.141. The molecule has 1 saturated heterocycles. The first-order valence-corrected chi connectivity index (χ1v) is 12.4. The van der Waals surface area contributed by atoms with Crippen molar-refractivity contribution in [1.82, 2.24) is 15.0 Å². The van der Waals surface area contributed by atoms with Gasteiger partial charge in [0.1, 0.15) is 11.7 Å². The third-order valence-corrected chi connectivity index (χ3v) is 7.25. The van der Waals surface area contributed by atoms with Crippen LogP contribution in [-0.4, -0.2) is 47.8 Å². The molecule has 4 heterocycles. The average molecular weight is 550 g/mol. The van der Waals surface area contributed by atoms with Crippen LogP contribution in [0.1, 0.15) is 28.6 Å². The molecule has 12 heteroatoms. The summed E-state index contributed by atoms with van der Waals surface area (Å²) in [6.45, 7) is 1.79. The van der Waals surface area contributed by atoms with E-state index in [0.717, 1.165) is 28.7 Å². The lowest BCUT2D eigenvalue weighted by Crippen LogP contribution is -2.39. The first-order valence-electron chi connectivity index (χ1n) is 12.0. The molecule has 0 spiro atoms. The lowest BCUT2D eigenvalue weighted by atomic mass is 9.92. The Bertz CT molecular complexity index is 1520. The minimum absolute atomic E-state index is 0.0425. The second-order valence-electron chi connectivity index (χ2n) is 9.19. The van der Waals surface area contributed by atoms with Gasteiger partial charge in [-0.2, -0.15) is 13.2 Å². The Morgan fingerprint density at radius 3 is 2.55 bits per heavy atom. The van der Waals surface area contributed by atoms with Crippen LogP contribution < -0.4 is 9.80 Å². The van der Waals surface area contributed by atoms with E-state index < -0.39 is 29.5 Å². The van der Waals surface area contributed by atoms with Crippen molar-refractivity contribution in [2.75, 3.05) is 42.6 Å². The normalized spacial score (nSPS) is 18.2. The monoisotopic (exact) mass is 549 g/mol. The van der Waals surface area contributed by atoms with Crippen molar-refractivity contribution in [3.05, 3.63) is 81.8 Å². The fraction of sp³-hybridized carbons (Fsp3) is 0.308. The fourth-order valence-corrected chi connectivity index (χ4v) is 5.43. The maximum atomic E-state index is 15.9. The highest BCUT2D eigenvalue weighted by Gasteiger charge is 2.38. The molecule has 4 aromatic rings.